The molecule has 10 heteroatoms. The number of nitrogens with one attached hydrogen (secondary N) is 1. The zero-order valence-corrected chi connectivity index (χ0v) is 19.2. The van der Waals surface area contributed by atoms with Crippen molar-refractivity contribution in [3.63, 3.8) is 0 Å². The molecule has 170 valence electrons. The Hall–Kier alpha value is -2.75. The van der Waals surface area contributed by atoms with E-state index in [-0.39, 0.29) is 12.0 Å². The minimum atomic E-state index is -1.08. The number of carbonyl (C=O) groups is 2. The van der Waals surface area contributed by atoms with Gasteiger partial charge in [0, 0.05) is 54.7 Å². The predicted molar refractivity (Wildman–Crippen MR) is 124 cm³/mol. The fraction of sp³-hybridized carbons (Fsp3) is 0.364. The first-order valence-corrected chi connectivity index (χ1v) is 11.3. The lowest BCUT2D eigenvalue weighted by Crippen LogP contribution is -2.43. The Kier molecular flexibility index (Phi) is 8.00. The second kappa shape index (κ2) is 10.7. The summed E-state index contributed by atoms with van der Waals surface area (Å²) in [7, 11) is 0. The molecule has 1 aromatic carbocycles. The summed E-state index contributed by atoms with van der Waals surface area (Å²) in [6.45, 7) is 5.56. The molecule has 0 saturated carbocycles. The largest absolute Gasteiger partial charge is 0.481 e. The van der Waals surface area contributed by atoms with Crippen LogP contribution in [0.25, 0.3) is 0 Å². The lowest BCUT2D eigenvalue weighted by Gasteiger charge is -2.26. The Morgan fingerprint density at radius 3 is 2.53 bits per heavy atom. The van der Waals surface area contributed by atoms with Crippen LogP contribution in [0.2, 0.25) is 5.02 Å². The molecule has 3 N–H and O–H groups in total. The Morgan fingerprint density at radius 2 is 1.91 bits per heavy atom. The molecule has 32 heavy (non-hydrogen) atoms. The Bertz CT molecular complexity index is 1020. The van der Waals surface area contributed by atoms with Crippen LogP contribution in [-0.4, -0.2) is 57.7 Å². The Morgan fingerprint density at radius 1 is 1.22 bits per heavy atom. The third-order valence-electron chi connectivity index (χ3n) is 5.20. The van der Waals surface area contributed by atoms with Crippen molar-refractivity contribution in [1.82, 2.24) is 14.7 Å². The van der Waals surface area contributed by atoms with Crippen LogP contribution in [-0.2, 0) is 16.0 Å². The number of aliphatic carboxylic acids is 2. The van der Waals surface area contributed by atoms with Crippen LogP contribution >= 0.6 is 23.1 Å². The van der Waals surface area contributed by atoms with E-state index in [1.807, 2.05) is 24.3 Å². The maximum absolute atomic E-state index is 10.8. The zero-order chi connectivity index (χ0) is 23.1. The minimum Gasteiger partial charge on any atom is -0.481 e. The van der Waals surface area contributed by atoms with Crippen LogP contribution in [0, 0.1) is 5.41 Å². The van der Waals surface area contributed by atoms with Gasteiger partial charge in [-0.15, -0.1) is 0 Å². The van der Waals surface area contributed by atoms with E-state index in [1.165, 1.54) is 42.2 Å². The van der Waals surface area contributed by atoms with Crippen molar-refractivity contribution >= 4 is 40.2 Å². The monoisotopic (exact) mass is 476 g/mol. The summed E-state index contributed by atoms with van der Waals surface area (Å²) in [5, 5.41) is 22.6. The molecule has 1 aliphatic carbocycles. The highest BCUT2D eigenvalue weighted by Crippen LogP contribution is 2.31. The maximum Gasteiger partial charge on any atom is 0.331 e. The number of carboxylic acids is 2. The summed E-state index contributed by atoms with van der Waals surface area (Å²) >= 11 is 7.37. The number of hydrogen-bond donors (Lipinski definition) is 3. The molecule has 1 fully saturated rings. The lowest BCUT2D eigenvalue weighted by atomic mass is 9.80. The van der Waals surface area contributed by atoms with Crippen LogP contribution in [0.15, 0.2) is 48.1 Å². The van der Waals surface area contributed by atoms with Crippen LogP contribution < -0.4 is 10.2 Å². The number of anilines is 1. The fourth-order valence-corrected chi connectivity index (χ4v) is 4.13. The molecule has 1 saturated heterocycles. The first-order valence-electron chi connectivity index (χ1n) is 10.1. The second-order valence-corrected chi connectivity index (χ2v) is 8.96. The molecule has 0 spiro atoms. The highest BCUT2D eigenvalue weighted by molar-refractivity contribution is 7.09. The molecule has 1 unspecified atom stereocenters. The SMILES string of the molecule is CC1(C(=O)O)C=CC=C(C(=O)O)C1.Clc1ccc(Cc2nsc(N3CCNCC3)n2)cc1. The summed E-state index contributed by atoms with van der Waals surface area (Å²) in [5.41, 5.74) is 0.240. The van der Waals surface area contributed by atoms with E-state index in [2.05, 4.69) is 19.6 Å². The molecule has 2 heterocycles. The van der Waals surface area contributed by atoms with E-state index in [9.17, 15) is 9.59 Å². The van der Waals surface area contributed by atoms with Crippen molar-refractivity contribution in [2.75, 3.05) is 31.1 Å². The topological polar surface area (TPSA) is 116 Å². The summed E-state index contributed by atoms with van der Waals surface area (Å²) in [6.07, 6.45) is 5.20. The van der Waals surface area contributed by atoms with Gasteiger partial charge in [-0.1, -0.05) is 42.0 Å². The maximum atomic E-state index is 10.8. The molecule has 1 atom stereocenters. The van der Waals surface area contributed by atoms with E-state index in [1.54, 1.807) is 0 Å². The second-order valence-electron chi connectivity index (χ2n) is 7.79. The van der Waals surface area contributed by atoms with Gasteiger partial charge in [-0.25, -0.2) is 9.78 Å². The quantitative estimate of drug-likeness (QED) is 0.602. The van der Waals surface area contributed by atoms with Crippen molar-refractivity contribution in [1.29, 1.82) is 0 Å². The molecule has 0 radical (unpaired) electrons. The number of benzene rings is 1. The van der Waals surface area contributed by atoms with Gasteiger partial charge < -0.3 is 20.4 Å². The van der Waals surface area contributed by atoms with Gasteiger partial charge in [-0.3, -0.25) is 4.79 Å². The van der Waals surface area contributed by atoms with Crippen molar-refractivity contribution in [3.05, 3.63) is 64.5 Å². The summed E-state index contributed by atoms with van der Waals surface area (Å²) in [4.78, 5) is 28.3. The number of nitrogens with zero attached hydrogens (tertiary/aromatic N) is 3. The molecule has 2 aliphatic rings. The minimum absolute atomic E-state index is 0.0359. The summed E-state index contributed by atoms with van der Waals surface area (Å²) in [6, 6.07) is 7.85. The van der Waals surface area contributed by atoms with E-state index < -0.39 is 17.4 Å². The Labute approximate surface area is 195 Å². The number of rotatable bonds is 5. The number of carboxylic acid groups (broad SMARTS) is 2. The lowest BCUT2D eigenvalue weighted by molar-refractivity contribution is -0.145. The molecular formula is C22H25ClN4O4S. The van der Waals surface area contributed by atoms with Crippen molar-refractivity contribution < 1.29 is 19.8 Å². The molecule has 1 aromatic heterocycles. The van der Waals surface area contributed by atoms with Crippen molar-refractivity contribution in [2.45, 2.75) is 19.8 Å². The molecule has 0 amide bonds. The zero-order valence-electron chi connectivity index (χ0n) is 17.6. The van der Waals surface area contributed by atoms with Gasteiger partial charge in [0.25, 0.3) is 0 Å². The molecule has 1 aliphatic heterocycles. The molecule has 8 nitrogen and oxygen atoms in total. The van der Waals surface area contributed by atoms with Gasteiger partial charge in [0.2, 0.25) is 5.13 Å². The van der Waals surface area contributed by atoms with Gasteiger partial charge in [0.05, 0.1) is 5.41 Å². The molecular weight excluding hydrogens is 452 g/mol. The first kappa shape index (κ1) is 23.9. The highest BCUT2D eigenvalue weighted by atomic mass is 35.5. The smallest absolute Gasteiger partial charge is 0.331 e. The average Bonchev–Trinajstić information content (AvgIpc) is 3.25. The fourth-order valence-electron chi connectivity index (χ4n) is 3.27. The number of allylic oxidation sites excluding steroid dienone is 2. The van der Waals surface area contributed by atoms with Crippen LogP contribution in [0.1, 0.15) is 24.7 Å². The summed E-state index contributed by atoms with van der Waals surface area (Å²) < 4.78 is 4.44. The van der Waals surface area contributed by atoms with Crippen molar-refractivity contribution in [2.24, 2.45) is 5.41 Å². The van der Waals surface area contributed by atoms with Gasteiger partial charge in [-0.2, -0.15) is 4.37 Å². The Balaban J connectivity index is 0.000000195. The van der Waals surface area contributed by atoms with Gasteiger partial charge >= 0.3 is 11.9 Å². The van der Waals surface area contributed by atoms with E-state index >= 15 is 0 Å². The highest BCUT2D eigenvalue weighted by Gasteiger charge is 2.34. The summed E-state index contributed by atoms with van der Waals surface area (Å²) in [5.74, 6) is -1.17. The number of aromatic nitrogens is 2. The number of piperazine rings is 1. The molecule has 0 bridgehead atoms. The number of hydrogen-bond acceptors (Lipinski definition) is 7. The predicted octanol–water partition coefficient (Wildman–Crippen LogP) is 3.24. The third-order valence-corrected chi connectivity index (χ3v) is 6.27. The van der Waals surface area contributed by atoms with Crippen LogP contribution in [0.5, 0.6) is 0 Å². The van der Waals surface area contributed by atoms with Gasteiger partial charge in [-0.05, 0) is 31.0 Å². The number of halogens is 1. The van der Waals surface area contributed by atoms with Crippen LogP contribution in [0.3, 0.4) is 0 Å². The third kappa shape index (κ3) is 6.38. The normalized spacial score (nSPS) is 20.2. The first-order chi connectivity index (χ1) is 15.3. The van der Waals surface area contributed by atoms with Gasteiger partial charge in [0.15, 0.2) is 0 Å². The van der Waals surface area contributed by atoms with E-state index in [4.69, 9.17) is 21.8 Å². The molecule has 2 aromatic rings. The van der Waals surface area contributed by atoms with Crippen LogP contribution in [0.4, 0.5) is 5.13 Å². The average molecular weight is 477 g/mol. The molecule has 4 rings (SSSR count). The van der Waals surface area contributed by atoms with E-state index in [0.717, 1.165) is 48.6 Å². The van der Waals surface area contributed by atoms with Crippen molar-refractivity contribution in [3.8, 4) is 0 Å². The standard InChI is InChI=1S/C13H15ClN4S.C9H10O4/c14-11-3-1-10(2-4-11)9-12-16-13(19-17-12)18-7-5-15-6-8-18;1-9(8(12)13)4-2-3-6(5-9)7(10)11/h1-4,15H,5-9H2;2-4H,5H2,1H3,(H,10,11)(H,12,13). The van der Waals surface area contributed by atoms with E-state index in [0.29, 0.717) is 0 Å². The van der Waals surface area contributed by atoms with Gasteiger partial charge in [0.1, 0.15) is 5.82 Å².